The maximum Gasteiger partial charge on any atom is 0.177 e. The van der Waals surface area contributed by atoms with Crippen LogP contribution < -0.4 is 4.74 Å². The summed E-state index contributed by atoms with van der Waals surface area (Å²) in [6.45, 7) is 1.65. The van der Waals surface area contributed by atoms with E-state index in [0.717, 1.165) is 0 Å². The van der Waals surface area contributed by atoms with E-state index >= 15 is 0 Å². The maximum atomic E-state index is 13.3. The highest BCUT2D eigenvalue weighted by Gasteiger charge is 2.16. The van der Waals surface area contributed by atoms with E-state index in [9.17, 15) is 9.18 Å². The highest BCUT2D eigenvalue weighted by molar-refractivity contribution is 6.31. The molecule has 0 radical (unpaired) electrons. The predicted molar refractivity (Wildman–Crippen MR) is 81.7 cm³/mol. The van der Waals surface area contributed by atoms with Crippen LogP contribution in [0.3, 0.4) is 0 Å². The lowest BCUT2D eigenvalue weighted by Crippen LogP contribution is -2.25. The third-order valence-corrected chi connectivity index (χ3v) is 3.47. The summed E-state index contributed by atoms with van der Waals surface area (Å²) in [6, 6.07) is 11.1. The van der Waals surface area contributed by atoms with Gasteiger partial charge in [0.2, 0.25) is 0 Å². The normalized spacial score (nSPS) is 12.0. The van der Waals surface area contributed by atoms with E-state index in [-0.39, 0.29) is 17.2 Å². The fraction of sp³-hybridized carbons (Fsp3) is 0.188. The molecule has 1 unspecified atom stereocenters. The molecule has 5 heteroatoms. The molecule has 21 heavy (non-hydrogen) atoms. The Hall–Kier alpha value is -1.58. The molecule has 0 N–H and O–H groups in total. The van der Waals surface area contributed by atoms with Gasteiger partial charge >= 0.3 is 0 Å². The van der Waals surface area contributed by atoms with Crippen LogP contribution in [0, 0.1) is 5.82 Å². The number of rotatable bonds is 5. The zero-order chi connectivity index (χ0) is 15.4. The number of halogens is 3. The van der Waals surface area contributed by atoms with Gasteiger partial charge in [0.1, 0.15) is 11.6 Å². The Morgan fingerprint density at radius 2 is 2.00 bits per heavy atom. The lowest BCUT2D eigenvalue weighted by Gasteiger charge is -2.14. The van der Waals surface area contributed by atoms with Gasteiger partial charge in [-0.05, 0) is 42.8 Å². The summed E-state index contributed by atoms with van der Waals surface area (Å²) in [5.74, 6) is -0.173. The molecule has 0 aromatic heterocycles. The number of Topliss-reactive ketones (excluding diaryl/α,β-unsaturated/α-hetero) is 1. The lowest BCUT2D eigenvalue weighted by atomic mass is 10.1. The van der Waals surface area contributed by atoms with Crippen molar-refractivity contribution in [1.29, 1.82) is 0 Å². The van der Waals surface area contributed by atoms with Crippen molar-refractivity contribution in [3.8, 4) is 5.75 Å². The second kappa shape index (κ2) is 6.92. The van der Waals surface area contributed by atoms with Crippen LogP contribution in [0.15, 0.2) is 42.5 Å². The predicted octanol–water partition coefficient (Wildman–Crippen LogP) is 4.71. The Morgan fingerprint density at radius 3 is 2.67 bits per heavy atom. The molecule has 1 atom stereocenters. The summed E-state index contributed by atoms with van der Waals surface area (Å²) in [5.41, 5.74) is 0.559. The minimum Gasteiger partial charge on any atom is -0.483 e. The number of ketones is 1. The van der Waals surface area contributed by atoms with Gasteiger partial charge in [0.15, 0.2) is 11.9 Å². The van der Waals surface area contributed by atoms with Crippen LogP contribution in [-0.2, 0) is 11.2 Å². The molecule has 0 bridgehead atoms. The number of benzene rings is 2. The quantitative estimate of drug-likeness (QED) is 0.795. The summed E-state index contributed by atoms with van der Waals surface area (Å²) in [7, 11) is 0. The first kappa shape index (κ1) is 15.8. The van der Waals surface area contributed by atoms with Crippen molar-refractivity contribution in [3.63, 3.8) is 0 Å². The minimum absolute atomic E-state index is 0.0365. The fourth-order valence-electron chi connectivity index (χ4n) is 1.80. The molecule has 2 aromatic carbocycles. The molecule has 0 spiro atoms. The van der Waals surface area contributed by atoms with Crippen LogP contribution in [-0.4, -0.2) is 11.9 Å². The highest BCUT2D eigenvalue weighted by Crippen LogP contribution is 2.20. The summed E-state index contributed by atoms with van der Waals surface area (Å²) in [4.78, 5) is 12.1. The Bertz CT molecular complexity index is 658. The van der Waals surface area contributed by atoms with E-state index in [1.807, 2.05) is 0 Å². The van der Waals surface area contributed by atoms with Crippen LogP contribution in [0.1, 0.15) is 12.5 Å². The molecular weight excluding hydrogens is 314 g/mol. The first-order valence-corrected chi connectivity index (χ1v) is 7.10. The van der Waals surface area contributed by atoms with Gasteiger partial charge < -0.3 is 4.74 Å². The van der Waals surface area contributed by atoms with Crippen molar-refractivity contribution in [2.24, 2.45) is 0 Å². The minimum atomic E-state index is -0.651. The third-order valence-electron chi connectivity index (χ3n) is 2.92. The Morgan fingerprint density at radius 1 is 1.24 bits per heavy atom. The van der Waals surface area contributed by atoms with Gasteiger partial charge in [-0.25, -0.2) is 4.39 Å². The van der Waals surface area contributed by atoms with Crippen molar-refractivity contribution < 1.29 is 13.9 Å². The van der Waals surface area contributed by atoms with Crippen molar-refractivity contribution in [2.45, 2.75) is 19.4 Å². The monoisotopic (exact) mass is 326 g/mol. The van der Waals surface area contributed by atoms with Crippen molar-refractivity contribution >= 4 is 29.0 Å². The van der Waals surface area contributed by atoms with Crippen molar-refractivity contribution in [2.75, 3.05) is 0 Å². The van der Waals surface area contributed by atoms with Gasteiger partial charge in [0, 0.05) is 11.4 Å². The Kier molecular flexibility index (Phi) is 5.21. The number of ether oxygens (including phenoxy) is 1. The standard InChI is InChI=1S/C16H13Cl2FO2/c1-10(21-13-4-2-3-12(17)9-13)16(20)8-11-5-6-14(18)15(19)7-11/h2-7,9-10H,8H2,1H3. The maximum absolute atomic E-state index is 13.3. The second-order valence-corrected chi connectivity index (χ2v) is 5.45. The van der Waals surface area contributed by atoms with Gasteiger partial charge in [-0.15, -0.1) is 0 Å². The van der Waals surface area contributed by atoms with Gasteiger partial charge in [-0.1, -0.05) is 35.3 Å². The zero-order valence-corrected chi connectivity index (χ0v) is 12.8. The van der Waals surface area contributed by atoms with Crippen LogP contribution in [0.25, 0.3) is 0 Å². The second-order valence-electron chi connectivity index (χ2n) is 4.61. The van der Waals surface area contributed by atoms with Crippen LogP contribution in [0.2, 0.25) is 10.0 Å². The number of hydrogen-bond acceptors (Lipinski definition) is 2. The SMILES string of the molecule is CC(Oc1cccc(Cl)c1)C(=O)Cc1ccc(Cl)c(F)c1. The molecule has 2 aromatic rings. The van der Waals surface area contributed by atoms with Crippen LogP contribution in [0.4, 0.5) is 4.39 Å². The average molecular weight is 327 g/mol. The number of hydrogen-bond donors (Lipinski definition) is 0. The van der Waals surface area contributed by atoms with Crippen molar-refractivity contribution in [1.82, 2.24) is 0 Å². The molecule has 110 valence electrons. The van der Waals surface area contributed by atoms with E-state index in [0.29, 0.717) is 16.3 Å². The van der Waals surface area contributed by atoms with Crippen LogP contribution in [0.5, 0.6) is 5.75 Å². The molecule has 0 heterocycles. The van der Waals surface area contributed by atoms with Gasteiger partial charge in [0.25, 0.3) is 0 Å². The number of carbonyl (C=O) groups excluding carboxylic acids is 1. The lowest BCUT2D eigenvalue weighted by molar-refractivity contribution is -0.124. The van der Waals surface area contributed by atoms with Crippen LogP contribution >= 0.6 is 23.2 Å². The smallest absolute Gasteiger partial charge is 0.177 e. The third kappa shape index (κ3) is 4.45. The summed E-state index contributed by atoms with van der Waals surface area (Å²) in [5, 5.41) is 0.571. The van der Waals surface area contributed by atoms with E-state index < -0.39 is 11.9 Å². The molecular formula is C16H13Cl2FO2. The van der Waals surface area contributed by atoms with Gasteiger partial charge in [0.05, 0.1) is 5.02 Å². The Balaban J connectivity index is 2.00. The zero-order valence-electron chi connectivity index (χ0n) is 11.3. The van der Waals surface area contributed by atoms with Crippen molar-refractivity contribution in [3.05, 3.63) is 63.9 Å². The summed E-state index contributed by atoms with van der Waals surface area (Å²) < 4.78 is 18.9. The Labute approximate surface area is 132 Å². The molecule has 0 aliphatic carbocycles. The molecule has 2 nitrogen and oxygen atoms in total. The van der Waals surface area contributed by atoms with E-state index in [2.05, 4.69) is 0 Å². The molecule has 0 fully saturated rings. The molecule has 0 amide bonds. The topological polar surface area (TPSA) is 26.3 Å². The van der Waals surface area contributed by atoms with Gasteiger partial charge in [-0.2, -0.15) is 0 Å². The molecule has 0 saturated heterocycles. The fourth-order valence-corrected chi connectivity index (χ4v) is 2.10. The molecule has 2 rings (SSSR count). The summed E-state index contributed by atoms with van der Waals surface area (Å²) >= 11 is 11.5. The number of carbonyl (C=O) groups is 1. The molecule has 0 aliphatic heterocycles. The largest absolute Gasteiger partial charge is 0.483 e. The highest BCUT2D eigenvalue weighted by atomic mass is 35.5. The van der Waals surface area contributed by atoms with E-state index in [1.54, 1.807) is 37.3 Å². The van der Waals surface area contributed by atoms with Gasteiger partial charge in [-0.3, -0.25) is 4.79 Å². The average Bonchev–Trinajstić information content (AvgIpc) is 2.43. The first-order chi connectivity index (χ1) is 9.95. The molecule has 0 saturated carbocycles. The van der Waals surface area contributed by atoms with E-state index in [4.69, 9.17) is 27.9 Å². The summed E-state index contributed by atoms with van der Waals surface area (Å²) in [6.07, 6.45) is -0.572. The first-order valence-electron chi connectivity index (χ1n) is 6.34. The molecule has 0 aliphatic rings. The van der Waals surface area contributed by atoms with E-state index in [1.165, 1.54) is 12.1 Å².